The Bertz CT molecular complexity index is 1580. The number of aliphatic hydroxyl groups is 1. The van der Waals surface area contributed by atoms with Crippen molar-refractivity contribution in [2.75, 3.05) is 5.32 Å². The van der Waals surface area contributed by atoms with Gasteiger partial charge in [-0.3, -0.25) is 4.57 Å². The van der Waals surface area contributed by atoms with Crippen LogP contribution < -0.4 is 10.1 Å². The Morgan fingerprint density at radius 1 is 1.21 bits per heavy atom. The quantitative estimate of drug-likeness (QED) is 0.150. The Balaban J connectivity index is 1.37. The molecule has 15 heteroatoms. The number of benzene rings is 2. The van der Waals surface area contributed by atoms with E-state index < -0.39 is 30.4 Å². The molecule has 1 fully saturated rings. The predicted octanol–water partition coefficient (Wildman–Crippen LogP) is 4.35. The monoisotopic (exact) mass is 570 g/mol. The van der Waals surface area contributed by atoms with Crippen LogP contribution in [0.4, 0.5) is 5.82 Å². The number of carboxylic acids is 1. The molecule has 2 aromatic carbocycles. The summed E-state index contributed by atoms with van der Waals surface area (Å²) in [4.78, 5) is 27.0. The van der Waals surface area contributed by atoms with Crippen LogP contribution in [-0.4, -0.2) is 54.0 Å². The van der Waals surface area contributed by atoms with Crippen molar-refractivity contribution in [3.05, 3.63) is 86.7 Å². The molecule has 0 spiro atoms. The second kappa shape index (κ2) is 11.3. The van der Waals surface area contributed by atoms with Crippen molar-refractivity contribution in [1.82, 2.24) is 19.5 Å². The Morgan fingerprint density at radius 2 is 2.03 bits per heavy atom. The standard InChI is InChI=1S/C24H20Cl2N8O5/c25-14-3-1-2-12(6-14)9-38-16-5-4-15(26)7-13(16)8-28-21-18-22(30-10-29-21)34(11-31-18)23-19(35)17(32-33-27)20(39-23)24(36)37/h1-7,10-11,17,19-20,23,35H,8-9H2,(H,36,37)(H,28,29,30). The molecule has 0 saturated carbocycles. The third-order valence-corrected chi connectivity index (χ3v) is 6.52. The predicted molar refractivity (Wildman–Crippen MR) is 140 cm³/mol. The van der Waals surface area contributed by atoms with Crippen molar-refractivity contribution in [2.45, 2.75) is 37.6 Å². The van der Waals surface area contributed by atoms with E-state index in [1.165, 1.54) is 17.2 Å². The number of rotatable bonds is 9. The molecular weight excluding hydrogens is 551 g/mol. The number of aliphatic hydroxyl groups excluding tert-OH is 1. The van der Waals surface area contributed by atoms with Crippen molar-refractivity contribution in [2.24, 2.45) is 5.11 Å². The molecular formula is C24H20Cl2N8O5. The van der Waals surface area contributed by atoms with Crippen LogP contribution in [0.2, 0.25) is 10.0 Å². The summed E-state index contributed by atoms with van der Waals surface area (Å²) in [5, 5.41) is 27.8. The molecule has 13 nitrogen and oxygen atoms in total. The van der Waals surface area contributed by atoms with Gasteiger partial charge in [0, 0.05) is 27.1 Å². The van der Waals surface area contributed by atoms with Crippen molar-refractivity contribution < 1.29 is 24.5 Å². The molecule has 0 bridgehead atoms. The molecule has 3 N–H and O–H groups in total. The Hall–Kier alpha value is -4.13. The van der Waals surface area contributed by atoms with Crippen LogP contribution in [-0.2, 0) is 22.7 Å². The zero-order valence-electron chi connectivity index (χ0n) is 19.9. The summed E-state index contributed by atoms with van der Waals surface area (Å²) >= 11 is 12.3. The number of aliphatic carboxylic acids is 1. The Kier molecular flexibility index (Phi) is 7.68. The van der Waals surface area contributed by atoms with Gasteiger partial charge in [-0.1, -0.05) is 40.4 Å². The molecule has 5 rings (SSSR count). The van der Waals surface area contributed by atoms with E-state index in [4.69, 9.17) is 38.2 Å². The number of imidazole rings is 1. The molecule has 1 aliphatic heterocycles. The number of nitrogens with zero attached hydrogens (tertiary/aromatic N) is 7. The fourth-order valence-electron chi connectivity index (χ4n) is 4.24. The van der Waals surface area contributed by atoms with Gasteiger partial charge in [-0.2, -0.15) is 0 Å². The number of azide groups is 1. The van der Waals surface area contributed by atoms with Crippen LogP contribution in [0.3, 0.4) is 0 Å². The van der Waals surface area contributed by atoms with E-state index in [1.807, 2.05) is 18.2 Å². The highest BCUT2D eigenvalue weighted by Gasteiger charge is 2.48. The van der Waals surface area contributed by atoms with Crippen LogP contribution >= 0.6 is 23.2 Å². The molecule has 4 unspecified atom stereocenters. The maximum atomic E-state index is 11.6. The van der Waals surface area contributed by atoms with E-state index in [0.29, 0.717) is 33.7 Å². The van der Waals surface area contributed by atoms with Crippen LogP contribution in [0.5, 0.6) is 5.75 Å². The van der Waals surface area contributed by atoms with E-state index in [2.05, 4.69) is 30.3 Å². The number of hydrogen-bond acceptors (Lipinski definition) is 9. The minimum atomic E-state index is -1.54. The fraction of sp³-hybridized carbons (Fsp3) is 0.250. The first kappa shape index (κ1) is 26.5. The second-order valence-electron chi connectivity index (χ2n) is 8.54. The normalized spacial score (nSPS) is 20.5. The van der Waals surface area contributed by atoms with Gasteiger partial charge in [0.05, 0.1) is 6.33 Å². The van der Waals surface area contributed by atoms with E-state index >= 15 is 0 Å². The van der Waals surface area contributed by atoms with Gasteiger partial charge in [0.15, 0.2) is 29.3 Å². The molecule has 0 radical (unpaired) electrons. The average Bonchev–Trinajstić information content (AvgIpc) is 3.48. The molecule has 39 heavy (non-hydrogen) atoms. The number of anilines is 1. The summed E-state index contributed by atoms with van der Waals surface area (Å²) in [5.74, 6) is -0.396. The molecule has 1 saturated heterocycles. The molecule has 4 aromatic rings. The van der Waals surface area contributed by atoms with Crippen molar-refractivity contribution in [3.8, 4) is 5.75 Å². The first-order valence-corrected chi connectivity index (χ1v) is 12.3. The molecule has 1 aliphatic rings. The van der Waals surface area contributed by atoms with Gasteiger partial charge in [-0.05, 0) is 41.4 Å². The first-order valence-electron chi connectivity index (χ1n) is 11.5. The summed E-state index contributed by atoms with van der Waals surface area (Å²) in [6.07, 6.45) is -1.55. The Labute approximate surface area is 230 Å². The van der Waals surface area contributed by atoms with Gasteiger partial charge in [-0.25, -0.2) is 19.7 Å². The number of halogens is 2. The zero-order chi connectivity index (χ0) is 27.5. The molecule has 0 amide bonds. The van der Waals surface area contributed by atoms with Gasteiger partial charge >= 0.3 is 5.97 Å². The summed E-state index contributed by atoms with van der Waals surface area (Å²) < 4.78 is 12.9. The first-order chi connectivity index (χ1) is 18.9. The van der Waals surface area contributed by atoms with Gasteiger partial charge < -0.3 is 25.0 Å². The number of carbonyl (C=O) groups is 1. The third kappa shape index (κ3) is 5.53. The Morgan fingerprint density at radius 3 is 2.79 bits per heavy atom. The van der Waals surface area contributed by atoms with Crippen molar-refractivity contribution >= 4 is 46.2 Å². The van der Waals surface area contributed by atoms with Crippen LogP contribution in [0.15, 0.2) is 60.2 Å². The lowest BCUT2D eigenvalue weighted by atomic mass is 10.1. The maximum Gasteiger partial charge on any atom is 0.333 e. The molecule has 0 aliphatic carbocycles. The zero-order valence-corrected chi connectivity index (χ0v) is 21.4. The summed E-state index contributed by atoms with van der Waals surface area (Å²) in [7, 11) is 0. The lowest BCUT2D eigenvalue weighted by molar-refractivity contribution is -0.152. The van der Waals surface area contributed by atoms with Crippen LogP contribution in [0.25, 0.3) is 21.6 Å². The maximum absolute atomic E-state index is 11.6. The van der Waals surface area contributed by atoms with E-state index in [-0.39, 0.29) is 12.2 Å². The van der Waals surface area contributed by atoms with Crippen LogP contribution in [0, 0.1) is 0 Å². The summed E-state index contributed by atoms with van der Waals surface area (Å²) in [5.41, 5.74) is 11.1. The lowest BCUT2D eigenvalue weighted by Crippen LogP contribution is -2.34. The number of carboxylic acid groups (broad SMARTS) is 1. The number of fused-ring (bicyclic) bond motifs is 1. The average molecular weight is 571 g/mol. The van der Waals surface area contributed by atoms with Crippen LogP contribution in [0.1, 0.15) is 17.4 Å². The SMILES string of the molecule is [N-]=[N+]=NC1C(C(=O)O)OC(n2cnc3c(NCc4cc(Cl)ccc4OCc4cccc(Cl)c4)ncnc32)C1O. The lowest BCUT2D eigenvalue weighted by Gasteiger charge is -2.17. The number of aromatic nitrogens is 4. The smallest absolute Gasteiger partial charge is 0.333 e. The molecule has 3 heterocycles. The third-order valence-electron chi connectivity index (χ3n) is 6.05. The van der Waals surface area contributed by atoms with Gasteiger partial charge in [0.25, 0.3) is 0 Å². The largest absolute Gasteiger partial charge is 0.489 e. The summed E-state index contributed by atoms with van der Waals surface area (Å²) in [6, 6.07) is 11.3. The highest BCUT2D eigenvalue weighted by atomic mass is 35.5. The van der Waals surface area contributed by atoms with Crippen molar-refractivity contribution in [3.63, 3.8) is 0 Å². The highest BCUT2D eigenvalue weighted by Crippen LogP contribution is 2.34. The van der Waals surface area contributed by atoms with E-state index in [9.17, 15) is 15.0 Å². The number of hydrogen-bond donors (Lipinski definition) is 3. The highest BCUT2D eigenvalue weighted by molar-refractivity contribution is 6.31. The number of ether oxygens (including phenoxy) is 2. The second-order valence-corrected chi connectivity index (χ2v) is 9.41. The minimum absolute atomic E-state index is 0.269. The molecule has 4 atom stereocenters. The van der Waals surface area contributed by atoms with Crippen molar-refractivity contribution in [1.29, 1.82) is 0 Å². The minimum Gasteiger partial charge on any atom is -0.489 e. The fourth-order valence-corrected chi connectivity index (χ4v) is 4.65. The van der Waals surface area contributed by atoms with Gasteiger partial charge in [-0.15, -0.1) is 0 Å². The number of nitrogens with one attached hydrogen (secondary N) is 1. The molecule has 200 valence electrons. The summed E-state index contributed by atoms with van der Waals surface area (Å²) in [6.45, 7) is 0.572. The van der Waals surface area contributed by atoms with E-state index in [0.717, 1.165) is 11.1 Å². The van der Waals surface area contributed by atoms with Gasteiger partial charge in [0.2, 0.25) is 0 Å². The van der Waals surface area contributed by atoms with E-state index in [1.54, 1.807) is 24.3 Å². The van der Waals surface area contributed by atoms with Gasteiger partial charge in [0.1, 0.15) is 30.8 Å². The topological polar surface area (TPSA) is 180 Å². The molecule has 2 aromatic heterocycles.